The van der Waals surface area contributed by atoms with E-state index in [0.717, 1.165) is 11.4 Å². The Morgan fingerprint density at radius 3 is 2.24 bits per heavy atom. The van der Waals surface area contributed by atoms with Crippen LogP contribution in [0.1, 0.15) is 6.92 Å². The van der Waals surface area contributed by atoms with E-state index in [1.807, 2.05) is 0 Å². The molecule has 1 aromatic rings. The smallest absolute Gasteiger partial charge is 0.228 e. The minimum absolute atomic E-state index is 0.199. The number of amides is 1. The first kappa shape index (κ1) is 18.1. The highest BCUT2D eigenvalue weighted by molar-refractivity contribution is 7.80. The van der Waals surface area contributed by atoms with Gasteiger partial charge in [-0.3, -0.25) is 4.79 Å². The van der Waals surface area contributed by atoms with E-state index in [0.29, 0.717) is 0 Å². The number of carbonyl (C=O) groups excluding carboxylic acids is 1. The average molecular weight is 371 g/mol. The summed E-state index contributed by atoms with van der Waals surface area (Å²) in [6.45, 7) is 1.31. The van der Waals surface area contributed by atoms with Crippen LogP contribution in [0, 0.1) is 0 Å². The molecule has 1 rings (SSSR count). The summed E-state index contributed by atoms with van der Waals surface area (Å²) < 4.78 is 3.30. The Labute approximate surface area is 143 Å². The number of hydrogen-bond acceptors (Lipinski definition) is 3. The van der Waals surface area contributed by atoms with Gasteiger partial charge in [-0.05, 0) is 36.5 Å². The van der Waals surface area contributed by atoms with Crippen molar-refractivity contribution in [1.82, 2.24) is 10.6 Å². The summed E-state index contributed by atoms with van der Waals surface area (Å²) in [5, 5.41) is 8.29. The molecule has 1 aromatic carbocycles. The van der Waals surface area contributed by atoms with Gasteiger partial charge in [-0.2, -0.15) is 0 Å². The van der Waals surface area contributed by atoms with Crippen molar-refractivity contribution in [1.29, 1.82) is 0 Å². The Morgan fingerprint density at radius 2 is 1.81 bits per heavy atom. The summed E-state index contributed by atoms with van der Waals surface area (Å²) in [7, 11) is 1.58. The Kier molecular flexibility index (Phi) is 6.80. The van der Waals surface area contributed by atoms with Crippen molar-refractivity contribution in [3.05, 3.63) is 24.3 Å². The molecule has 3 N–H and O–H groups in total. The highest BCUT2D eigenvalue weighted by atomic mass is 35.6. The van der Waals surface area contributed by atoms with E-state index in [4.69, 9.17) is 51.8 Å². The third-order valence-electron chi connectivity index (χ3n) is 2.30. The average Bonchev–Trinajstić information content (AvgIpc) is 2.37. The first-order valence-electron chi connectivity index (χ1n) is 5.77. The molecule has 0 bridgehead atoms. The Balaban J connectivity index is 2.66. The normalized spacial score (nSPS) is 12.2. The molecule has 0 aliphatic rings. The highest BCUT2D eigenvalue weighted by Gasteiger charge is 2.33. The molecule has 1 amide bonds. The number of ether oxygens (including phenoxy) is 1. The number of nitrogens with one attached hydrogen (secondary N) is 3. The fourth-order valence-electron chi connectivity index (χ4n) is 1.38. The van der Waals surface area contributed by atoms with Gasteiger partial charge in [0, 0.05) is 12.6 Å². The number of anilines is 1. The Bertz CT molecular complexity index is 505. The van der Waals surface area contributed by atoms with Gasteiger partial charge < -0.3 is 20.7 Å². The van der Waals surface area contributed by atoms with Gasteiger partial charge in [-0.25, -0.2) is 0 Å². The Morgan fingerprint density at radius 1 is 1.24 bits per heavy atom. The second-order valence-electron chi connectivity index (χ2n) is 4.00. The molecular weight excluding hydrogens is 357 g/mol. The van der Waals surface area contributed by atoms with E-state index in [-0.39, 0.29) is 11.0 Å². The summed E-state index contributed by atoms with van der Waals surface area (Å²) in [4.78, 5) is 11.1. The molecule has 116 valence electrons. The van der Waals surface area contributed by atoms with Crippen molar-refractivity contribution in [3.8, 4) is 5.75 Å². The van der Waals surface area contributed by atoms with Gasteiger partial charge in [0.2, 0.25) is 9.70 Å². The van der Waals surface area contributed by atoms with Crippen LogP contribution in [-0.2, 0) is 4.79 Å². The third-order valence-corrected chi connectivity index (χ3v) is 3.17. The lowest BCUT2D eigenvalue weighted by Crippen LogP contribution is -2.55. The van der Waals surface area contributed by atoms with Crippen molar-refractivity contribution in [3.63, 3.8) is 0 Å². The Hall–Kier alpha value is -0.950. The van der Waals surface area contributed by atoms with Crippen LogP contribution in [-0.4, -0.2) is 28.1 Å². The van der Waals surface area contributed by atoms with Crippen LogP contribution in [0.3, 0.4) is 0 Å². The summed E-state index contributed by atoms with van der Waals surface area (Å²) in [5.41, 5.74) is 0.721. The van der Waals surface area contributed by atoms with Gasteiger partial charge in [0.05, 0.1) is 7.11 Å². The largest absolute Gasteiger partial charge is 0.497 e. The topological polar surface area (TPSA) is 62.4 Å². The van der Waals surface area contributed by atoms with Crippen LogP contribution in [0.5, 0.6) is 5.75 Å². The lowest BCUT2D eigenvalue weighted by molar-refractivity contribution is -0.119. The summed E-state index contributed by atoms with van der Waals surface area (Å²) in [5.74, 6) is 0.364. The second kappa shape index (κ2) is 7.89. The minimum atomic E-state index is -1.75. The molecule has 0 aliphatic heterocycles. The summed E-state index contributed by atoms with van der Waals surface area (Å²) in [6.07, 6.45) is -0.960. The number of benzene rings is 1. The van der Waals surface area contributed by atoms with Crippen LogP contribution in [0.2, 0.25) is 0 Å². The van der Waals surface area contributed by atoms with E-state index in [1.165, 1.54) is 6.92 Å². The molecular formula is C12H14Cl3N3O2S. The van der Waals surface area contributed by atoms with Crippen molar-refractivity contribution < 1.29 is 9.53 Å². The molecule has 21 heavy (non-hydrogen) atoms. The number of halogens is 3. The van der Waals surface area contributed by atoms with Gasteiger partial charge in [-0.1, -0.05) is 34.8 Å². The molecule has 1 atom stereocenters. The molecule has 0 unspecified atom stereocenters. The molecule has 5 nitrogen and oxygen atoms in total. The summed E-state index contributed by atoms with van der Waals surface area (Å²) >= 11 is 22.5. The first-order valence-corrected chi connectivity index (χ1v) is 7.32. The molecule has 0 saturated carbocycles. The maximum absolute atomic E-state index is 11.1. The number of thiocarbonyl (C=S) groups is 1. The lowest BCUT2D eigenvalue weighted by Gasteiger charge is -2.27. The van der Waals surface area contributed by atoms with Crippen LogP contribution >= 0.6 is 47.0 Å². The zero-order chi connectivity index (χ0) is 16.0. The number of hydrogen-bond donors (Lipinski definition) is 3. The minimum Gasteiger partial charge on any atom is -0.497 e. The lowest BCUT2D eigenvalue weighted by atomic mass is 10.3. The van der Waals surface area contributed by atoms with Crippen molar-refractivity contribution in [2.45, 2.75) is 16.9 Å². The van der Waals surface area contributed by atoms with E-state index in [2.05, 4.69) is 16.0 Å². The monoisotopic (exact) mass is 369 g/mol. The van der Waals surface area contributed by atoms with Crippen LogP contribution in [0.25, 0.3) is 0 Å². The zero-order valence-corrected chi connectivity index (χ0v) is 14.3. The van der Waals surface area contributed by atoms with E-state index in [1.54, 1.807) is 31.4 Å². The van der Waals surface area contributed by atoms with Crippen molar-refractivity contribution in [2.75, 3.05) is 12.4 Å². The molecule has 0 saturated heterocycles. The second-order valence-corrected chi connectivity index (χ2v) is 6.78. The quantitative estimate of drug-likeness (QED) is 0.432. The van der Waals surface area contributed by atoms with Crippen LogP contribution in [0.4, 0.5) is 5.69 Å². The third kappa shape index (κ3) is 6.56. The maximum Gasteiger partial charge on any atom is 0.228 e. The van der Waals surface area contributed by atoms with Crippen molar-refractivity contribution in [2.24, 2.45) is 0 Å². The number of carbonyl (C=O) groups is 1. The van der Waals surface area contributed by atoms with E-state index in [9.17, 15) is 4.79 Å². The molecule has 0 fully saturated rings. The molecule has 0 aromatic heterocycles. The SMILES string of the molecule is COc1ccc(NC(=S)N[C@@H](NC(C)=O)C(Cl)(Cl)Cl)cc1. The standard InChI is InChI=1S/C12H14Cl3N3O2S/c1-7(19)16-10(12(13,14)15)18-11(21)17-8-3-5-9(20-2)6-4-8/h3-6,10H,1-2H3,(H,16,19)(H2,17,18,21)/t10-/m1/s1. The van der Waals surface area contributed by atoms with E-state index < -0.39 is 9.96 Å². The predicted octanol–water partition coefficient (Wildman–Crippen LogP) is 2.81. The number of alkyl halides is 3. The zero-order valence-electron chi connectivity index (χ0n) is 11.2. The van der Waals surface area contributed by atoms with Crippen LogP contribution < -0.4 is 20.7 Å². The van der Waals surface area contributed by atoms with E-state index >= 15 is 0 Å². The maximum atomic E-state index is 11.1. The van der Waals surface area contributed by atoms with Gasteiger partial charge in [0.15, 0.2) is 5.11 Å². The molecule has 0 aliphatic carbocycles. The first-order chi connectivity index (χ1) is 9.72. The fourth-order valence-corrected chi connectivity index (χ4v) is 1.94. The van der Waals surface area contributed by atoms with Gasteiger partial charge in [-0.15, -0.1) is 0 Å². The summed E-state index contributed by atoms with van der Waals surface area (Å²) in [6, 6.07) is 7.08. The van der Waals surface area contributed by atoms with Crippen molar-refractivity contribution >= 4 is 63.7 Å². The number of methoxy groups -OCH3 is 1. The predicted molar refractivity (Wildman–Crippen MR) is 90.2 cm³/mol. The molecule has 0 heterocycles. The molecule has 9 heteroatoms. The molecule has 0 radical (unpaired) electrons. The highest BCUT2D eigenvalue weighted by Crippen LogP contribution is 2.29. The number of rotatable bonds is 4. The molecule has 0 spiro atoms. The fraction of sp³-hybridized carbons (Fsp3) is 0.333. The van der Waals surface area contributed by atoms with Gasteiger partial charge >= 0.3 is 0 Å². The van der Waals surface area contributed by atoms with Gasteiger partial charge in [0.1, 0.15) is 11.9 Å². The van der Waals surface area contributed by atoms with Gasteiger partial charge in [0.25, 0.3) is 0 Å². The van der Waals surface area contributed by atoms with Crippen LogP contribution in [0.15, 0.2) is 24.3 Å².